The Morgan fingerprint density at radius 3 is 2.09 bits per heavy atom. The van der Waals surface area contributed by atoms with Crippen molar-refractivity contribution < 1.29 is 4.43 Å². The molecule has 0 amide bonds. The average molecular weight is 335 g/mol. The zero-order valence-electron chi connectivity index (χ0n) is 15.7. The monoisotopic (exact) mass is 334 g/mol. The van der Waals surface area contributed by atoms with Crippen molar-refractivity contribution in [2.75, 3.05) is 7.11 Å². The maximum Gasteiger partial charge on any atom is 0.195 e. The Morgan fingerprint density at radius 1 is 0.826 bits per heavy atom. The van der Waals surface area contributed by atoms with Crippen LogP contribution in [-0.4, -0.2) is 15.4 Å². The summed E-state index contributed by atoms with van der Waals surface area (Å²) in [5.41, 5.74) is 1.02. The molecule has 0 aromatic heterocycles. The Morgan fingerprint density at radius 2 is 1.52 bits per heavy atom. The first-order chi connectivity index (χ1) is 11.2. The molecule has 4 bridgehead atoms. The zero-order chi connectivity index (χ0) is 16.0. The topological polar surface area (TPSA) is 9.23 Å². The molecule has 4 rings (SSSR count). The van der Waals surface area contributed by atoms with E-state index in [1.165, 1.54) is 31.4 Å². The Bertz CT molecular complexity index is 416. The van der Waals surface area contributed by atoms with E-state index in [-0.39, 0.29) is 0 Å². The molecule has 4 aliphatic rings. The van der Waals surface area contributed by atoms with Crippen molar-refractivity contribution >= 4 is 8.32 Å². The van der Waals surface area contributed by atoms with E-state index in [0.29, 0.717) is 0 Å². The molecule has 1 nitrogen and oxygen atoms in total. The van der Waals surface area contributed by atoms with Gasteiger partial charge in [-0.15, -0.1) is 0 Å². The molecule has 0 aromatic carbocycles. The fraction of sp³-hybridized carbons (Fsp3) is 1.00. The van der Waals surface area contributed by atoms with E-state index in [0.717, 1.165) is 41.0 Å². The molecule has 0 spiro atoms. The van der Waals surface area contributed by atoms with Gasteiger partial charge in [0, 0.05) is 7.11 Å². The van der Waals surface area contributed by atoms with E-state index < -0.39 is 8.32 Å². The van der Waals surface area contributed by atoms with Crippen LogP contribution in [-0.2, 0) is 4.43 Å². The third-order valence-electron chi connectivity index (χ3n) is 8.63. The van der Waals surface area contributed by atoms with Gasteiger partial charge in [0.05, 0.1) is 0 Å². The predicted octanol–water partition coefficient (Wildman–Crippen LogP) is 6.25. The van der Waals surface area contributed by atoms with E-state index in [2.05, 4.69) is 21.0 Å². The van der Waals surface area contributed by atoms with Crippen LogP contribution < -0.4 is 0 Å². The Hall–Kier alpha value is 0.177. The molecule has 0 radical (unpaired) electrons. The van der Waals surface area contributed by atoms with Gasteiger partial charge in [-0.1, -0.05) is 39.5 Å². The second-order valence-electron chi connectivity index (χ2n) is 9.54. The summed E-state index contributed by atoms with van der Waals surface area (Å²) in [5.74, 6) is 6.54. The Labute approximate surface area is 145 Å². The van der Waals surface area contributed by atoms with Gasteiger partial charge in [0.25, 0.3) is 0 Å². The van der Waals surface area contributed by atoms with Crippen molar-refractivity contribution in [2.24, 2.45) is 35.5 Å². The summed E-state index contributed by atoms with van der Waals surface area (Å²) >= 11 is 0. The van der Waals surface area contributed by atoms with Gasteiger partial charge in [0.15, 0.2) is 8.32 Å². The molecule has 0 aromatic rings. The maximum absolute atomic E-state index is 6.56. The lowest BCUT2D eigenvalue weighted by molar-refractivity contribution is 0.151. The maximum atomic E-state index is 6.56. The third kappa shape index (κ3) is 2.58. The van der Waals surface area contributed by atoms with Gasteiger partial charge in [0.2, 0.25) is 0 Å². The largest absolute Gasteiger partial charge is 0.420 e. The number of rotatable bonds is 7. The standard InChI is InChI=1S/C21H38OSi/c1-4-10-23(22-3,11-5-2)21-18-9-8-17(14-18)20(21)19-13-15-6-7-16(19)12-15/h15-21H,4-14H2,1-3H3. The summed E-state index contributed by atoms with van der Waals surface area (Å²) < 4.78 is 6.56. The lowest BCUT2D eigenvalue weighted by Gasteiger charge is -2.47. The molecule has 4 aliphatic carbocycles. The molecule has 0 aliphatic heterocycles. The zero-order valence-corrected chi connectivity index (χ0v) is 16.7. The summed E-state index contributed by atoms with van der Waals surface area (Å²) in [6.07, 6.45) is 13.7. The molecule has 132 valence electrons. The third-order valence-corrected chi connectivity index (χ3v) is 14.2. The van der Waals surface area contributed by atoms with Gasteiger partial charge in [-0.25, -0.2) is 0 Å². The van der Waals surface area contributed by atoms with Gasteiger partial charge in [0.1, 0.15) is 0 Å². The van der Waals surface area contributed by atoms with Crippen molar-refractivity contribution in [1.29, 1.82) is 0 Å². The number of hydrogen-bond donors (Lipinski definition) is 0. The molecule has 7 atom stereocenters. The van der Waals surface area contributed by atoms with E-state index in [4.69, 9.17) is 4.43 Å². The summed E-state index contributed by atoms with van der Waals surface area (Å²) in [7, 11) is 0.550. The van der Waals surface area contributed by atoms with Crippen molar-refractivity contribution in [3.63, 3.8) is 0 Å². The SMILES string of the molecule is CCC[Si](CCC)(OC)C1C2CCC(C2)C1C1CC2CCC1C2. The molecule has 2 heteroatoms. The van der Waals surface area contributed by atoms with Gasteiger partial charge < -0.3 is 4.43 Å². The van der Waals surface area contributed by atoms with Crippen molar-refractivity contribution in [3.8, 4) is 0 Å². The van der Waals surface area contributed by atoms with Crippen LogP contribution in [0.4, 0.5) is 0 Å². The average Bonchev–Trinajstić information content (AvgIpc) is 3.33. The minimum atomic E-state index is -1.55. The molecular formula is C21H38OSi. The van der Waals surface area contributed by atoms with Crippen LogP contribution in [0.1, 0.15) is 71.6 Å². The van der Waals surface area contributed by atoms with Gasteiger partial charge in [-0.2, -0.15) is 0 Å². The summed E-state index contributed by atoms with van der Waals surface area (Å²) in [5, 5.41) is 0. The first-order valence-electron chi connectivity index (χ1n) is 10.8. The Kier molecular flexibility index (Phi) is 4.69. The van der Waals surface area contributed by atoms with Crippen LogP contribution in [0.3, 0.4) is 0 Å². The minimum absolute atomic E-state index is 1.02. The van der Waals surface area contributed by atoms with Gasteiger partial charge in [-0.05, 0) is 85.2 Å². The molecule has 0 heterocycles. The van der Waals surface area contributed by atoms with E-state index in [9.17, 15) is 0 Å². The molecule has 0 saturated heterocycles. The van der Waals surface area contributed by atoms with Crippen LogP contribution in [0.15, 0.2) is 0 Å². The normalized spacial score (nSPS) is 45.3. The quantitative estimate of drug-likeness (QED) is 0.500. The van der Waals surface area contributed by atoms with E-state index >= 15 is 0 Å². The second-order valence-corrected chi connectivity index (χ2v) is 13.7. The Balaban J connectivity index is 1.63. The summed E-state index contributed by atoms with van der Waals surface area (Å²) in [4.78, 5) is 0. The second kappa shape index (κ2) is 6.48. The number of hydrogen-bond acceptors (Lipinski definition) is 1. The molecular weight excluding hydrogens is 296 g/mol. The van der Waals surface area contributed by atoms with Crippen LogP contribution in [0.25, 0.3) is 0 Å². The van der Waals surface area contributed by atoms with Crippen molar-refractivity contribution in [3.05, 3.63) is 0 Å². The highest BCUT2D eigenvalue weighted by Gasteiger charge is 2.61. The fourth-order valence-corrected chi connectivity index (χ4v) is 13.8. The van der Waals surface area contributed by atoms with Crippen LogP contribution in [0, 0.1) is 35.5 Å². The lowest BCUT2D eigenvalue weighted by atomic mass is 9.72. The highest BCUT2D eigenvalue weighted by molar-refractivity contribution is 6.75. The van der Waals surface area contributed by atoms with Crippen molar-refractivity contribution in [1.82, 2.24) is 0 Å². The minimum Gasteiger partial charge on any atom is -0.420 e. The smallest absolute Gasteiger partial charge is 0.195 e. The van der Waals surface area contributed by atoms with Gasteiger partial charge in [-0.3, -0.25) is 0 Å². The van der Waals surface area contributed by atoms with Crippen molar-refractivity contribution in [2.45, 2.75) is 89.3 Å². The summed E-state index contributed by atoms with van der Waals surface area (Å²) in [6.45, 7) is 4.80. The number of fused-ring (bicyclic) bond motifs is 4. The molecule has 7 unspecified atom stereocenters. The van der Waals surface area contributed by atoms with E-state index in [1.807, 2.05) is 0 Å². The fourth-order valence-electron chi connectivity index (χ4n) is 8.14. The van der Waals surface area contributed by atoms with Gasteiger partial charge >= 0.3 is 0 Å². The van der Waals surface area contributed by atoms with Crippen LogP contribution in [0.5, 0.6) is 0 Å². The first kappa shape index (κ1) is 16.6. The first-order valence-corrected chi connectivity index (χ1v) is 13.2. The van der Waals surface area contributed by atoms with Crippen LogP contribution in [0.2, 0.25) is 17.6 Å². The predicted molar refractivity (Wildman–Crippen MR) is 100.0 cm³/mol. The highest BCUT2D eigenvalue weighted by Crippen LogP contribution is 2.67. The molecule has 4 saturated carbocycles. The molecule has 0 N–H and O–H groups in total. The molecule has 23 heavy (non-hydrogen) atoms. The highest BCUT2D eigenvalue weighted by atomic mass is 28.4. The van der Waals surface area contributed by atoms with E-state index in [1.54, 1.807) is 38.5 Å². The molecule has 4 fully saturated rings. The van der Waals surface area contributed by atoms with Crippen LogP contribution >= 0.6 is 0 Å². The lowest BCUT2D eigenvalue weighted by Crippen LogP contribution is -2.49. The summed E-state index contributed by atoms with van der Waals surface area (Å²) in [6, 6.07) is 2.87.